The maximum atomic E-state index is 13.3. The van der Waals surface area contributed by atoms with Gasteiger partial charge in [-0.3, -0.25) is 0 Å². The highest BCUT2D eigenvalue weighted by molar-refractivity contribution is 9.10. The molecule has 4 nitrogen and oxygen atoms in total. The summed E-state index contributed by atoms with van der Waals surface area (Å²) in [5, 5.41) is 0. The lowest BCUT2D eigenvalue weighted by molar-refractivity contribution is 0.564. The molecule has 7 heteroatoms. The van der Waals surface area contributed by atoms with E-state index in [-0.39, 0.29) is 10.6 Å². The fourth-order valence-electron chi connectivity index (χ4n) is 1.86. The Hall–Kier alpha value is -1.44. The SMILES string of the molecule is CC(NS(=O)(=O)c1cc(N)cc(F)c1)c1ccc(Br)cc1. The molecule has 0 heterocycles. The van der Waals surface area contributed by atoms with Crippen LogP contribution in [-0.2, 0) is 10.0 Å². The fourth-order valence-corrected chi connectivity index (χ4v) is 3.42. The van der Waals surface area contributed by atoms with Crippen molar-refractivity contribution in [2.45, 2.75) is 17.9 Å². The minimum absolute atomic E-state index is 0.0617. The summed E-state index contributed by atoms with van der Waals surface area (Å²) in [7, 11) is -3.84. The number of nitrogen functional groups attached to an aromatic ring is 1. The van der Waals surface area contributed by atoms with E-state index in [1.807, 2.05) is 12.1 Å². The Morgan fingerprint density at radius 1 is 1.19 bits per heavy atom. The van der Waals surface area contributed by atoms with Gasteiger partial charge in [-0.2, -0.15) is 0 Å². The van der Waals surface area contributed by atoms with Crippen LogP contribution in [0.5, 0.6) is 0 Å². The number of benzene rings is 2. The summed E-state index contributed by atoms with van der Waals surface area (Å²) >= 11 is 3.31. The fraction of sp³-hybridized carbons (Fsp3) is 0.143. The molecule has 1 atom stereocenters. The average molecular weight is 373 g/mol. The second-order valence-electron chi connectivity index (χ2n) is 4.61. The molecular weight excluding hydrogens is 359 g/mol. The summed E-state index contributed by atoms with van der Waals surface area (Å²) in [6.07, 6.45) is 0. The van der Waals surface area contributed by atoms with Crippen LogP contribution in [0.3, 0.4) is 0 Å². The number of halogens is 2. The van der Waals surface area contributed by atoms with Crippen molar-refractivity contribution in [3.63, 3.8) is 0 Å². The number of nitrogens with one attached hydrogen (secondary N) is 1. The Morgan fingerprint density at radius 2 is 1.81 bits per heavy atom. The largest absolute Gasteiger partial charge is 0.399 e. The first-order valence-corrected chi connectivity index (χ1v) is 8.39. The zero-order valence-corrected chi connectivity index (χ0v) is 13.6. The molecule has 112 valence electrons. The van der Waals surface area contributed by atoms with Gasteiger partial charge in [0, 0.05) is 16.2 Å². The van der Waals surface area contributed by atoms with Crippen molar-refractivity contribution in [3.05, 3.63) is 58.3 Å². The van der Waals surface area contributed by atoms with Crippen LogP contribution in [0.25, 0.3) is 0 Å². The smallest absolute Gasteiger partial charge is 0.241 e. The third kappa shape index (κ3) is 4.03. The first-order chi connectivity index (χ1) is 9.78. The topological polar surface area (TPSA) is 72.2 Å². The van der Waals surface area contributed by atoms with Gasteiger partial charge in [0.15, 0.2) is 0 Å². The zero-order chi connectivity index (χ0) is 15.6. The van der Waals surface area contributed by atoms with Gasteiger partial charge >= 0.3 is 0 Å². The molecule has 1 unspecified atom stereocenters. The Kier molecular flexibility index (Phi) is 4.65. The number of anilines is 1. The summed E-state index contributed by atoms with van der Waals surface area (Å²) in [5.41, 5.74) is 6.34. The van der Waals surface area contributed by atoms with Gasteiger partial charge in [0.2, 0.25) is 10.0 Å². The summed E-state index contributed by atoms with van der Waals surface area (Å²) in [5.74, 6) is -0.688. The van der Waals surface area contributed by atoms with Crippen molar-refractivity contribution in [1.82, 2.24) is 4.72 Å². The highest BCUT2D eigenvalue weighted by Crippen LogP contribution is 2.21. The molecule has 0 aromatic heterocycles. The van der Waals surface area contributed by atoms with Crippen LogP contribution in [0.15, 0.2) is 51.8 Å². The molecular formula is C14H14BrFN2O2S. The van der Waals surface area contributed by atoms with E-state index in [1.165, 1.54) is 6.07 Å². The molecule has 0 aliphatic carbocycles. The number of hydrogen-bond donors (Lipinski definition) is 2. The highest BCUT2D eigenvalue weighted by Gasteiger charge is 2.19. The van der Waals surface area contributed by atoms with E-state index >= 15 is 0 Å². The summed E-state index contributed by atoms with van der Waals surface area (Å²) < 4.78 is 41.2. The Bertz CT molecular complexity index is 728. The quantitative estimate of drug-likeness (QED) is 0.809. The normalized spacial score (nSPS) is 13.1. The Labute approximate surface area is 131 Å². The molecule has 0 bridgehead atoms. The molecule has 0 aliphatic heterocycles. The van der Waals surface area contributed by atoms with E-state index in [0.717, 1.165) is 22.2 Å². The molecule has 0 saturated carbocycles. The van der Waals surface area contributed by atoms with Gasteiger partial charge in [-0.15, -0.1) is 0 Å². The van der Waals surface area contributed by atoms with Crippen molar-refractivity contribution in [2.75, 3.05) is 5.73 Å². The number of nitrogens with two attached hydrogens (primary N) is 1. The zero-order valence-electron chi connectivity index (χ0n) is 11.2. The van der Waals surface area contributed by atoms with E-state index < -0.39 is 21.9 Å². The molecule has 0 spiro atoms. The third-order valence-electron chi connectivity index (χ3n) is 2.91. The van der Waals surface area contributed by atoms with Crippen molar-refractivity contribution in [3.8, 4) is 0 Å². The van der Waals surface area contributed by atoms with Crippen LogP contribution in [0, 0.1) is 5.82 Å². The van der Waals surface area contributed by atoms with Crippen LogP contribution in [0.4, 0.5) is 10.1 Å². The molecule has 2 rings (SSSR count). The lowest BCUT2D eigenvalue weighted by atomic mass is 10.1. The maximum Gasteiger partial charge on any atom is 0.241 e. The van der Waals surface area contributed by atoms with Gasteiger partial charge in [-0.1, -0.05) is 28.1 Å². The van der Waals surface area contributed by atoms with Crippen LogP contribution in [-0.4, -0.2) is 8.42 Å². The van der Waals surface area contributed by atoms with Gasteiger partial charge in [0.1, 0.15) is 5.82 Å². The molecule has 0 aliphatic rings. The standard InChI is InChI=1S/C14H14BrFN2O2S/c1-9(10-2-4-11(15)5-3-10)18-21(19,20)14-7-12(16)6-13(17)8-14/h2-9,18H,17H2,1H3. The minimum Gasteiger partial charge on any atom is -0.399 e. The monoisotopic (exact) mass is 372 g/mol. The summed E-state index contributed by atoms with van der Waals surface area (Å²) in [6.45, 7) is 1.71. The summed E-state index contributed by atoms with van der Waals surface area (Å²) in [4.78, 5) is -0.191. The van der Waals surface area contributed by atoms with Gasteiger partial charge in [-0.25, -0.2) is 17.5 Å². The molecule has 0 radical (unpaired) electrons. The molecule has 2 aromatic carbocycles. The van der Waals surface area contributed by atoms with Crippen LogP contribution < -0.4 is 10.5 Å². The molecule has 0 amide bonds. The molecule has 0 saturated heterocycles. The van der Waals surface area contributed by atoms with Gasteiger partial charge < -0.3 is 5.73 Å². The Morgan fingerprint density at radius 3 is 2.38 bits per heavy atom. The number of rotatable bonds is 4. The van der Waals surface area contributed by atoms with E-state index in [2.05, 4.69) is 20.7 Å². The van der Waals surface area contributed by atoms with Crippen LogP contribution in [0.2, 0.25) is 0 Å². The van der Waals surface area contributed by atoms with Crippen LogP contribution in [0.1, 0.15) is 18.5 Å². The van der Waals surface area contributed by atoms with Gasteiger partial charge in [0.05, 0.1) is 4.90 Å². The first kappa shape index (κ1) is 15.9. The molecule has 0 fully saturated rings. The minimum atomic E-state index is -3.84. The first-order valence-electron chi connectivity index (χ1n) is 6.12. The van der Waals surface area contributed by atoms with Crippen molar-refractivity contribution in [1.29, 1.82) is 0 Å². The van der Waals surface area contributed by atoms with Crippen molar-refractivity contribution in [2.24, 2.45) is 0 Å². The third-order valence-corrected chi connectivity index (χ3v) is 4.95. The summed E-state index contributed by atoms with van der Waals surface area (Å²) in [6, 6.07) is 10.0. The van der Waals surface area contributed by atoms with Crippen LogP contribution >= 0.6 is 15.9 Å². The van der Waals surface area contributed by atoms with E-state index in [0.29, 0.717) is 0 Å². The van der Waals surface area contributed by atoms with E-state index in [9.17, 15) is 12.8 Å². The molecule has 2 aromatic rings. The number of hydrogen-bond acceptors (Lipinski definition) is 3. The van der Waals surface area contributed by atoms with Crippen molar-refractivity contribution >= 4 is 31.6 Å². The van der Waals surface area contributed by atoms with E-state index in [4.69, 9.17) is 5.73 Å². The van der Waals surface area contributed by atoms with Gasteiger partial charge in [-0.05, 0) is 42.8 Å². The molecule has 21 heavy (non-hydrogen) atoms. The predicted molar refractivity (Wildman–Crippen MR) is 83.7 cm³/mol. The van der Waals surface area contributed by atoms with Gasteiger partial charge in [0.25, 0.3) is 0 Å². The Balaban J connectivity index is 2.26. The molecule has 3 N–H and O–H groups in total. The van der Waals surface area contributed by atoms with E-state index in [1.54, 1.807) is 19.1 Å². The predicted octanol–water partition coefficient (Wildman–Crippen LogP) is 3.21. The second-order valence-corrected chi connectivity index (χ2v) is 7.24. The number of sulfonamides is 1. The lowest BCUT2D eigenvalue weighted by Crippen LogP contribution is -2.27. The lowest BCUT2D eigenvalue weighted by Gasteiger charge is -2.15. The second kappa shape index (κ2) is 6.13. The highest BCUT2D eigenvalue weighted by atomic mass is 79.9. The maximum absolute atomic E-state index is 13.3. The average Bonchev–Trinajstić information content (AvgIpc) is 2.37. The van der Waals surface area contributed by atoms with Crippen molar-refractivity contribution < 1.29 is 12.8 Å².